The molecule has 1 aromatic carbocycles. The number of rotatable bonds is 4. The van der Waals surface area contributed by atoms with Gasteiger partial charge in [-0.2, -0.15) is 8.78 Å². The predicted molar refractivity (Wildman–Crippen MR) is 54.7 cm³/mol. The van der Waals surface area contributed by atoms with Crippen molar-refractivity contribution < 1.29 is 23.1 Å². The summed E-state index contributed by atoms with van der Waals surface area (Å²) in [5.41, 5.74) is 1.44. The van der Waals surface area contributed by atoms with Crippen molar-refractivity contribution in [2.75, 3.05) is 0 Å². The largest absolute Gasteiger partial charge is 0.483 e. The highest BCUT2D eigenvalue weighted by Gasteiger charge is 2.42. The Bertz CT molecular complexity index is 454. The van der Waals surface area contributed by atoms with Crippen LogP contribution in [0.25, 0.3) is 0 Å². The lowest BCUT2D eigenvalue weighted by Gasteiger charge is -2.16. The average molecular weight is 265 g/mol. The molecule has 17 heavy (non-hydrogen) atoms. The summed E-state index contributed by atoms with van der Waals surface area (Å²) in [6.45, 7) is 0. The van der Waals surface area contributed by atoms with E-state index in [0.717, 1.165) is 12.1 Å². The Labute approximate surface area is 99.5 Å². The van der Waals surface area contributed by atoms with E-state index in [1.165, 1.54) is 11.5 Å². The number of ether oxygens (including phenoxy) is 1. The number of hydrazine groups is 1. The molecule has 1 aromatic rings. The highest BCUT2D eigenvalue weighted by atomic mass is 35.5. The summed E-state index contributed by atoms with van der Waals surface area (Å²) in [5.74, 6) is 2.31. The Morgan fingerprint density at radius 3 is 2.65 bits per heavy atom. The van der Waals surface area contributed by atoms with Crippen molar-refractivity contribution in [3.8, 4) is 5.75 Å². The van der Waals surface area contributed by atoms with Gasteiger partial charge in [0.25, 0.3) is 0 Å². The Balaban J connectivity index is 2.96. The lowest BCUT2D eigenvalue weighted by molar-refractivity contribution is -0.192. The molecule has 0 saturated heterocycles. The molecule has 5 nitrogen and oxygen atoms in total. The molecule has 8 heteroatoms. The van der Waals surface area contributed by atoms with Crippen LogP contribution < -0.4 is 16.0 Å². The number of nitrogens with two attached hydrogens (primary N) is 1. The summed E-state index contributed by atoms with van der Waals surface area (Å²) in [4.78, 5) is 21.0. The molecule has 0 bridgehead atoms. The Morgan fingerprint density at radius 2 is 2.18 bits per heavy atom. The normalized spacial score (nSPS) is 10.8. The van der Waals surface area contributed by atoms with Gasteiger partial charge in [0, 0.05) is 5.56 Å². The van der Waals surface area contributed by atoms with E-state index in [1.807, 2.05) is 0 Å². The molecule has 0 aliphatic rings. The van der Waals surface area contributed by atoms with Crippen LogP contribution in [0.3, 0.4) is 0 Å². The van der Waals surface area contributed by atoms with Crippen LogP contribution in [0.2, 0.25) is 5.02 Å². The second-order valence-corrected chi connectivity index (χ2v) is 3.31. The monoisotopic (exact) mass is 264 g/mol. The summed E-state index contributed by atoms with van der Waals surface area (Å²) < 4.78 is 30.2. The highest BCUT2D eigenvalue weighted by molar-refractivity contribution is 6.32. The van der Waals surface area contributed by atoms with Gasteiger partial charge in [-0.3, -0.25) is 15.0 Å². The molecule has 0 aliphatic heterocycles. The molecule has 1 amide bonds. The minimum absolute atomic E-state index is 0.189. The number of amides is 1. The van der Waals surface area contributed by atoms with E-state index in [1.54, 1.807) is 0 Å². The maximum absolute atomic E-state index is 13.0. The van der Waals surface area contributed by atoms with Crippen LogP contribution >= 0.6 is 11.6 Å². The number of benzene rings is 1. The first-order valence-electron chi connectivity index (χ1n) is 4.23. The number of aldehydes is 1. The van der Waals surface area contributed by atoms with Crippen LogP contribution in [0.5, 0.6) is 5.75 Å². The van der Waals surface area contributed by atoms with Gasteiger partial charge in [-0.25, -0.2) is 5.84 Å². The topological polar surface area (TPSA) is 81.4 Å². The van der Waals surface area contributed by atoms with E-state index < -0.39 is 17.8 Å². The van der Waals surface area contributed by atoms with E-state index in [9.17, 15) is 18.4 Å². The van der Waals surface area contributed by atoms with Gasteiger partial charge in [-0.15, -0.1) is 0 Å². The fourth-order valence-electron chi connectivity index (χ4n) is 0.942. The van der Waals surface area contributed by atoms with Crippen molar-refractivity contribution >= 4 is 23.8 Å². The third kappa shape index (κ3) is 3.11. The molecule has 3 N–H and O–H groups in total. The van der Waals surface area contributed by atoms with Crippen molar-refractivity contribution in [1.82, 2.24) is 5.43 Å². The molecular weight excluding hydrogens is 258 g/mol. The number of carbonyl (C=O) groups is 2. The summed E-state index contributed by atoms with van der Waals surface area (Å²) in [6, 6.07) is 3.38. The van der Waals surface area contributed by atoms with E-state index in [4.69, 9.17) is 11.6 Å². The zero-order valence-electron chi connectivity index (χ0n) is 8.25. The Morgan fingerprint density at radius 1 is 1.53 bits per heavy atom. The molecule has 0 heterocycles. The molecule has 1 rings (SSSR count). The average Bonchev–Trinajstić information content (AvgIpc) is 2.30. The molecular formula is C9H7ClF2N2O3. The first kappa shape index (κ1) is 13.3. The van der Waals surface area contributed by atoms with Crippen LogP contribution in [-0.4, -0.2) is 18.3 Å². The van der Waals surface area contributed by atoms with Gasteiger partial charge in [-0.1, -0.05) is 11.6 Å². The standard InChI is InChI=1S/C9H7ClF2N2O3/c10-6-3-5(4-15)1-2-7(6)17-9(11,12)8(16)14-13/h1-4H,13H2,(H,14,16). The third-order valence-electron chi connectivity index (χ3n) is 1.73. The number of hydrogen-bond acceptors (Lipinski definition) is 4. The van der Waals surface area contributed by atoms with Crippen LogP contribution in [0.15, 0.2) is 18.2 Å². The molecule has 0 radical (unpaired) electrons. The lowest BCUT2D eigenvalue weighted by atomic mass is 10.2. The fourth-order valence-corrected chi connectivity index (χ4v) is 1.17. The minimum Gasteiger partial charge on any atom is -0.424 e. The zero-order valence-corrected chi connectivity index (χ0v) is 9.00. The third-order valence-corrected chi connectivity index (χ3v) is 2.02. The van der Waals surface area contributed by atoms with Gasteiger partial charge in [-0.05, 0) is 18.2 Å². The van der Waals surface area contributed by atoms with Crippen molar-refractivity contribution in [3.05, 3.63) is 28.8 Å². The summed E-state index contributed by atoms with van der Waals surface area (Å²) in [7, 11) is 0. The number of nitrogens with one attached hydrogen (secondary N) is 1. The van der Waals surface area contributed by atoms with Gasteiger partial charge >= 0.3 is 12.0 Å². The maximum atomic E-state index is 13.0. The molecule has 0 aliphatic carbocycles. The van der Waals surface area contributed by atoms with Crippen molar-refractivity contribution in [2.24, 2.45) is 5.84 Å². The van der Waals surface area contributed by atoms with Crippen molar-refractivity contribution in [3.63, 3.8) is 0 Å². The maximum Gasteiger partial charge on any atom is 0.483 e. The molecule has 0 atom stereocenters. The van der Waals surface area contributed by atoms with Crippen LogP contribution in [0, 0.1) is 0 Å². The summed E-state index contributed by atoms with van der Waals surface area (Å²) in [5, 5.41) is -0.223. The van der Waals surface area contributed by atoms with Gasteiger partial charge in [0.2, 0.25) is 0 Å². The molecule has 0 saturated carbocycles. The number of carbonyl (C=O) groups excluding carboxylic acids is 2. The number of hydrogen-bond donors (Lipinski definition) is 2. The van der Waals surface area contributed by atoms with E-state index in [0.29, 0.717) is 6.29 Å². The van der Waals surface area contributed by atoms with Gasteiger partial charge in [0.1, 0.15) is 12.0 Å². The zero-order chi connectivity index (χ0) is 13.1. The lowest BCUT2D eigenvalue weighted by Crippen LogP contribution is -2.47. The molecule has 0 spiro atoms. The minimum atomic E-state index is -4.15. The molecule has 0 aromatic heterocycles. The van der Waals surface area contributed by atoms with Gasteiger partial charge in [0.15, 0.2) is 0 Å². The van der Waals surface area contributed by atoms with Gasteiger partial charge in [0.05, 0.1) is 5.02 Å². The van der Waals surface area contributed by atoms with Crippen molar-refractivity contribution in [2.45, 2.75) is 6.11 Å². The van der Waals surface area contributed by atoms with Gasteiger partial charge < -0.3 is 4.74 Å². The molecule has 0 fully saturated rings. The highest BCUT2D eigenvalue weighted by Crippen LogP contribution is 2.29. The SMILES string of the molecule is NNC(=O)C(F)(F)Oc1ccc(C=O)cc1Cl. The quantitative estimate of drug-likeness (QED) is 0.369. The smallest absolute Gasteiger partial charge is 0.424 e. The number of halogens is 3. The molecule has 0 unspecified atom stereocenters. The second kappa shape index (κ2) is 5.07. The Hall–Kier alpha value is -1.73. The number of alkyl halides is 2. The van der Waals surface area contributed by atoms with E-state index in [2.05, 4.69) is 10.6 Å². The van der Waals surface area contributed by atoms with Crippen LogP contribution in [-0.2, 0) is 4.79 Å². The molecule has 92 valence electrons. The predicted octanol–water partition coefficient (Wildman–Crippen LogP) is 1.11. The first-order chi connectivity index (χ1) is 7.90. The van der Waals surface area contributed by atoms with E-state index >= 15 is 0 Å². The van der Waals surface area contributed by atoms with Crippen LogP contribution in [0.4, 0.5) is 8.78 Å². The fraction of sp³-hybridized carbons (Fsp3) is 0.111. The summed E-state index contributed by atoms with van der Waals surface area (Å²) >= 11 is 5.58. The summed E-state index contributed by atoms with van der Waals surface area (Å²) in [6.07, 6.45) is -3.67. The second-order valence-electron chi connectivity index (χ2n) is 2.90. The first-order valence-corrected chi connectivity index (χ1v) is 4.61. The van der Waals surface area contributed by atoms with Crippen molar-refractivity contribution in [1.29, 1.82) is 0 Å². The Kier molecular flexibility index (Phi) is 3.97. The van der Waals surface area contributed by atoms with E-state index in [-0.39, 0.29) is 10.6 Å². The van der Waals surface area contributed by atoms with Crippen LogP contribution in [0.1, 0.15) is 10.4 Å².